The van der Waals surface area contributed by atoms with E-state index in [0.29, 0.717) is 0 Å². The van der Waals surface area contributed by atoms with E-state index in [-0.39, 0.29) is 0 Å². The third kappa shape index (κ3) is 1.19. The van der Waals surface area contributed by atoms with E-state index in [1.165, 1.54) is 22.8 Å². The van der Waals surface area contributed by atoms with Crippen molar-refractivity contribution in [2.75, 3.05) is 23.9 Å². The number of rotatable bonds is 0. The molecule has 2 nitrogen and oxygen atoms in total. The van der Waals surface area contributed by atoms with Crippen LogP contribution in [0.2, 0.25) is 0 Å². The lowest BCUT2D eigenvalue weighted by Gasteiger charge is -2.39. The van der Waals surface area contributed by atoms with Gasteiger partial charge in [-0.1, -0.05) is 18.2 Å². The molecule has 0 atom stereocenters. The molecule has 1 heterocycles. The zero-order valence-electron chi connectivity index (χ0n) is 9.77. The topological polar surface area (TPSA) is 6.48 Å². The fraction of sp³-hybridized carbons (Fsp3) is 0.286. The van der Waals surface area contributed by atoms with Crippen molar-refractivity contribution >= 4 is 11.4 Å². The first-order valence-corrected chi connectivity index (χ1v) is 5.75. The summed E-state index contributed by atoms with van der Waals surface area (Å²) in [6.45, 7) is 0. The molecule has 1 aliphatic carbocycles. The molecule has 0 bridgehead atoms. The Morgan fingerprint density at radius 3 is 2.44 bits per heavy atom. The van der Waals surface area contributed by atoms with Crippen LogP contribution in [0.1, 0.15) is 12.8 Å². The van der Waals surface area contributed by atoms with Crippen molar-refractivity contribution in [1.82, 2.24) is 0 Å². The molecule has 1 aromatic carbocycles. The maximum Gasteiger partial charge on any atom is 0.0649 e. The van der Waals surface area contributed by atoms with Crippen LogP contribution in [0, 0.1) is 0 Å². The van der Waals surface area contributed by atoms with Gasteiger partial charge in [-0.3, -0.25) is 0 Å². The molecule has 0 aromatic heterocycles. The van der Waals surface area contributed by atoms with Crippen molar-refractivity contribution < 1.29 is 0 Å². The van der Waals surface area contributed by atoms with Crippen molar-refractivity contribution in [3.05, 3.63) is 47.8 Å². The number of hydrogen-bond acceptors (Lipinski definition) is 2. The second-order valence-electron chi connectivity index (χ2n) is 4.38. The van der Waals surface area contributed by atoms with Gasteiger partial charge in [-0.05, 0) is 31.1 Å². The lowest BCUT2D eigenvalue weighted by atomic mass is 10.0. The van der Waals surface area contributed by atoms with E-state index >= 15 is 0 Å². The maximum absolute atomic E-state index is 2.33. The van der Waals surface area contributed by atoms with Gasteiger partial charge in [0.2, 0.25) is 0 Å². The quantitative estimate of drug-likeness (QED) is 0.652. The third-order valence-corrected chi connectivity index (χ3v) is 3.49. The average molecular weight is 212 g/mol. The van der Waals surface area contributed by atoms with Crippen LogP contribution in [0.5, 0.6) is 0 Å². The van der Waals surface area contributed by atoms with Crippen LogP contribution in [0.15, 0.2) is 47.8 Å². The number of benzene rings is 1. The monoisotopic (exact) mass is 212 g/mol. The molecule has 0 unspecified atom stereocenters. The van der Waals surface area contributed by atoms with Gasteiger partial charge in [0.25, 0.3) is 0 Å². The molecule has 0 saturated heterocycles. The third-order valence-electron chi connectivity index (χ3n) is 3.49. The number of allylic oxidation sites excluding steroid dienone is 3. The summed E-state index contributed by atoms with van der Waals surface area (Å²) in [6, 6.07) is 8.57. The molecule has 2 aliphatic rings. The number of anilines is 2. The summed E-state index contributed by atoms with van der Waals surface area (Å²) in [5, 5.41) is 0. The van der Waals surface area contributed by atoms with Crippen LogP contribution in [0.3, 0.4) is 0 Å². The molecule has 0 spiro atoms. The minimum Gasteiger partial charge on any atom is -0.345 e. The van der Waals surface area contributed by atoms with Crippen LogP contribution in [0.25, 0.3) is 0 Å². The molecule has 16 heavy (non-hydrogen) atoms. The Labute approximate surface area is 96.5 Å². The molecule has 2 heteroatoms. The highest BCUT2D eigenvalue weighted by atomic mass is 15.2. The van der Waals surface area contributed by atoms with E-state index in [1.54, 1.807) is 0 Å². The minimum atomic E-state index is 1.14. The van der Waals surface area contributed by atoms with Crippen LogP contribution in [-0.2, 0) is 0 Å². The Balaban J connectivity index is 2.18. The van der Waals surface area contributed by atoms with E-state index in [4.69, 9.17) is 0 Å². The van der Waals surface area contributed by atoms with Crippen molar-refractivity contribution in [1.29, 1.82) is 0 Å². The Hall–Kier alpha value is -1.70. The Kier molecular flexibility index (Phi) is 2.03. The number of likely N-dealkylation sites (N-methyl/N-ethyl adjacent to an activating group) is 1. The molecule has 82 valence electrons. The molecular formula is C14H16N2. The molecule has 0 radical (unpaired) electrons. The zero-order valence-corrected chi connectivity index (χ0v) is 9.77. The normalized spacial score (nSPS) is 18.6. The molecule has 0 amide bonds. The fourth-order valence-electron chi connectivity index (χ4n) is 2.59. The lowest BCUT2D eigenvalue weighted by molar-refractivity contribution is 0.839. The van der Waals surface area contributed by atoms with Gasteiger partial charge in [0, 0.05) is 19.8 Å². The number of nitrogens with zero attached hydrogens (tertiary/aromatic N) is 2. The van der Waals surface area contributed by atoms with Crippen molar-refractivity contribution in [3.8, 4) is 0 Å². The van der Waals surface area contributed by atoms with Gasteiger partial charge in [-0.2, -0.15) is 0 Å². The molecule has 1 aliphatic heterocycles. The highest BCUT2D eigenvalue weighted by molar-refractivity contribution is 5.79. The number of para-hydroxylation sites is 2. The Bertz CT molecular complexity index is 485. The van der Waals surface area contributed by atoms with Crippen LogP contribution >= 0.6 is 0 Å². The zero-order chi connectivity index (χ0) is 11.1. The summed E-state index contributed by atoms with van der Waals surface area (Å²) >= 11 is 0. The number of fused-ring (bicyclic) bond motifs is 1. The van der Waals surface area contributed by atoms with E-state index in [1.807, 2.05) is 0 Å². The minimum absolute atomic E-state index is 1.14. The maximum atomic E-state index is 2.33. The number of hydrogen-bond donors (Lipinski definition) is 0. The first kappa shape index (κ1) is 9.52. The molecule has 1 aromatic rings. The molecule has 0 N–H and O–H groups in total. The van der Waals surface area contributed by atoms with E-state index < -0.39 is 0 Å². The fourth-order valence-corrected chi connectivity index (χ4v) is 2.59. The smallest absolute Gasteiger partial charge is 0.0649 e. The summed E-state index contributed by atoms with van der Waals surface area (Å²) in [4.78, 5) is 4.62. The first-order chi connectivity index (χ1) is 7.79. The van der Waals surface area contributed by atoms with Gasteiger partial charge >= 0.3 is 0 Å². The Morgan fingerprint density at radius 2 is 1.69 bits per heavy atom. The van der Waals surface area contributed by atoms with Gasteiger partial charge in [0.1, 0.15) is 0 Å². The van der Waals surface area contributed by atoms with Gasteiger partial charge in [0.15, 0.2) is 0 Å². The average Bonchev–Trinajstić information content (AvgIpc) is 2.36. The SMILES string of the molecule is CN1C2=C(CCC=C2)N(C)c2ccccc21. The van der Waals surface area contributed by atoms with Crippen molar-refractivity contribution in [3.63, 3.8) is 0 Å². The van der Waals surface area contributed by atoms with E-state index in [2.05, 4.69) is 60.3 Å². The van der Waals surface area contributed by atoms with Gasteiger partial charge < -0.3 is 9.80 Å². The summed E-state index contributed by atoms with van der Waals surface area (Å²) in [5.74, 6) is 0. The first-order valence-electron chi connectivity index (χ1n) is 5.75. The molecular weight excluding hydrogens is 196 g/mol. The van der Waals surface area contributed by atoms with Gasteiger partial charge in [0.05, 0.1) is 17.1 Å². The largest absolute Gasteiger partial charge is 0.345 e. The highest BCUT2D eigenvalue weighted by Gasteiger charge is 2.25. The molecule has 0 saturated carbocycles. The summed E-state index contributed by atoms with van der Waals surface area (Å²) < 4.78 is 0. The Morgan fingerprint density at radius 1 is 1.00 bits per heavy atom. The van der Waals surface area contributed by atoms with Crippen LogP contribution in [0.4, 0.5) is 11.4 Å². The predicted molar refractivity (Wildman–Crippen MR) is 68.6 cm³/mol. The van der Waals surface area contributed by atoms with E-state index in [0.717, 1.165) is 12.8 Å². The standard InChI is InChI=1S/C14H16N2/c1-15-11-7-3-5-9-13(11)16(2)14-10-6-4-8-12(14)15/h3-5,7-9H,6,10H2,1-2H3. The highest BCUT2D eigenvalue weighted by Crippen LogP contribution is 2.40. The van der Waals surface area contributed by atoms with Crippen molar-refractivity contribution in [2.45, 2.75) is 12.8 Å². The van der Waals surface area contributed by atoms with Crippen molar-refractivity contribution in [2.24, 2.45) is 0 Å². The second-order valence-corrected chi connectivity index (χ2v) is 4.38. The molecule has 0 fully saturated rings. The molecule has 3 rings (SSSR count). The summed E-state index contributed by atoms with van der Waals surface area (Å²) in [7, 11) is 4.32. The summed E-state index contributed by atoms with van der Waals surface area (Å²) in [5.41, 5.74) is 5.37. The second kappa shape index (κ2) is 3.41. The van der Waals surface area contributed by atoms with Gasteiger partial charge in [-0.15, -0.1) is 0 Å². The van der Waals surface area contributed by atoms with Crippen LogP contribution < -0.4 is 9.80 Å². The van der Waals surface area contributed by atoms with Crippen LogP contribution in [-0.4, -0.2) is 14.1 Å². The predicted octanol–water partition coefficient (Wildman–Crippen LogP) is 3.13. The summed E-state index contributed by atoms with van der Waals surface area (Å²) in [6.07, 6.45) is 6.79. The van der Waals surface area contributed by atoms with Gasteiger partial charge in [-0.25, -0.2) is 0 Å². The lowest BCUT2D eigenvalue weighted by Crippen LogP contribution is -2.32. The van der Waals surface area contributed by atoms with E-state index in [9.17, 15) is 0 Å².